The minimum Gasteiger partial charge on any atom is -0.469 e. The number of hydrogen-bond donors (Lipinski definition) is 0. The Bertz CT molecular complexity index is 397. The van der Waals surface area contributed by atoms with Crippen LogP contribution in [-0.2, 0) is 22.5 Å². The minimum absolute atomic E-state index is 0.237. The van der Waals surface area contributed by atoms with Crippen LogP contribution in [0.1, 0.15) is 11.1 Å². The van der Waals surface area contributed by atoms with Crippen LogP contribution in [0.4, 0.5) is 0 Å². The maximum absolute atomic E-state index is 11.0. The lowest BCUT2D eigenvalue weighted by Gasteiger charge is -2.01. The molecular formula is C10H11N3O2. The van der Waals surface area contributed by atoms with Gasteiger partial charge in [-0.1, -0.05) is 29.4 Å². The third-order valence-electron chi connectivity index (χ3n) is 1.88. The second-order valence-corrected chi connectivity index (χ2v) is 2.96. The molecular weight excluding hydrogens is 194 g/mol. The first-order valence-corrected chi connectivity index (χ1v) is 4.41. The van der Waals surface area contributed by atoms with Gasteiger partial charge in [-0.15, -0.1) is 0 Å². The predicted octanol–water partition coefficient (Wildman–Crippen LogP) is 2.21. The van der Waals surface area contributed by atoms with E-state index in [0.29, 0.717) is 6.54 Å². The number of benzene rings is 1. The normalized spacial score (nSPS) is 9.13. The molecule has 1 aromatic carbocycles. The minimum atomic E-state index is -0.282. The lowest BCUT2D eigenvalue weighted by Crippen LogP contribution is -2.04. The summed E-state index contributed by atoms with van der Waals surface area (Å²) in [6, 6.07) is 7.32. The largest absolute Gasteiger partial charge is 0.469 e. The van der Waals surface area contributed by atoms with Crippen LogP contribution < -0.4 is 0 Å². The van der Waals surface area contributed by atoms with Crippen LogP contribution in [0, 0.1) is 0 Å². The van der Waals surface area contributed by atoms with Crippen molar-refractivity contribution in [2.45, 2.75) is 13.0 Å². The highest BCUT2D eigenvalue weighted by molar-refractivity contribution is 5.72. The maximum atomic E-state index is 11.0. The molecule has 0 atom stereocenters. The van der Waals surface area contributed by atoms with Crippen LogP contribution in [0.3, 0.4) is 0 Å². The summed E-state index contributed by atoms with van der Waals surface area (Å²) in [5, 5.41) is 3.45. The van der Waals surface area contributed by atoms with Gasteiger partial charge in [0.2, 0.25) is 0 Å². The first-order chi connectivity index (χ1) is 7.26. The zero-order valence-corrected chi connectivity index (χ0v) is 8.38. The summed E-state index contributed by atoms with van der Waals surface area (Å²) in [7, 11) is 1.35. The Hall–Kier alpha value is -2.00. The van der Waals surface area contributed by atoms with Gasteiger partial charge in [0.15, 0.2) is 0 Å². The van der Waals surface area contributed by atoms with E-state index >= 15 is 0 Å². The Labute approximate surface area is 87.3 Å². The van der Waals surface area contributed by atoms with Gasteiger partial charge < -0.3 is 4.74 Å². The van der Waals surface area contributed by atoms with Gasteiger partial charge in [0.25, 0.3) is 0 Å². The molecule has 78 valence electrons. The molecule has 0 fully saturated rings. The molecule has 5 heteroatoms. The second kappa shape index (κ2) is 5.67. The Morgan fingerprint density at radius 2 is 2.27 bits per heavy atom. The molecule has 0 saturated carbocycles. The highest BCUT2D eigenvalue weighted by atomic mass is 16.5. The zero-order valence-electron chi connectivity index (χ0n) is 8.38. The van der Waals surface area contributed by atoms with Crippen molar-refractivity contribution < 1.29 is 9.53 Å². The van der Waals surface area contributed by atoms with E-state index in [9.17, 15) is 4.79 Å². The zero-order chi connectivity index (χ0) is 11.1. The van der Waals surface area contributed by atoms with Gasteiger partial charge in [-0.05, 0) is 16.7 Å². The van der Waals surface area contributed by atoms with Crippen molar-refractivity contribution in [3.05, 3.63) is 45.8 Å². The lowest BCUT2D eigenvalue weighted by molar-refractivity contribution is -0.139. The van der Waals surface area contributed by atoms with E-state index in [1.807, 2.05) is 24.3 Å². The van der Waals surface area contributed by atoms with Crippen LogP contribution >= 0.6 is 0 Å². The van der Waals surface area contributed by atoms with Crippen molar-refractivity contribution in [1.29, 1.82) is 0 Å². The smallest absolute Gasteiger partial charge is 0.309 e. The molecule has 0 aliphatic rings. The molecule has 0 aliphatic carbocycles. The Kier molecular flexibility index (Phi) is 4.19. The van der Waals surface area contributed by atoms with Gasteiger partial charge in [0, 0.05) is 4.91 Å². The number of carbonyl (C=O) groups is 1. The fraction of sp³-hybridized carbons (Fsp3) is 0.300. The van der Waals surface area contributed by atoms with Gasteiger partial charge in [0.1, 0.15) is 0 Å². The van der Waals surface area contributed by atoms with Crippen molar-refractivity contribution in [3.8, 4) is 0 Å². The summed E-state index contributed by atoms with van der Waals surface area (Å²) in [6.07, 6.45) is 0.237. The predicted molar refractivity (Wildman–Crippen MR) is 55.0 cm³/mol. The third-order valence-corrected chi connectivity index (χ3v) is 1.88. The standard InChI is InChI=1S/C10H11N3O2/c1-15-10(14)6-8-3-2-4-9(5-8)7-12-13-11/h2-5H,6-7H2,1H3. The molecule has 0 N–H and O–H groups in total. The number of methoxy groups -OCH3 is 1. The summed E-state index contributed by atoms with van der Waals surface area (Å²) in [5.74, 6) is -0.282. The number of carbonyl (C=O) groups excluding carboxylic acids is 1. The van der Waals surface area contributed by atoms with Crippen LogP contribution in [0.2, 0.25) is 0 Å². The van der Waals surface area contributed by atoms with E-state index in [4.69, 9.17) is 5.53 Å². The summed E-state index contributed by atoms with van der Waals surface area (Å²) >= 11 is 0. The first kappa shape index (κ1) is 11.1. The summed E-state index contributed by atoms with van der Waals surface area (Å²) < 4.78 is 4.55. The number of esters is 1. The van der Waals surface area contributed by atoms with Gasteiger partial charge >= 0.3 is 5.97 Å². The monoisotopic (exact) mass is 205 g/mol. The molecule has 5 nitrogen and oxygen atoms in total. The van der Waals surface area contributed by atoms with Crippen molar-refractivity contribution in [2.24, 2.45) is 5.11 Å². The summed E-state index contributed by atoms with van der Waals surface area (Å²) in [6.45, 7) is 0.297. The molecule has 0 heterocycles. The Morgan fingerprint density at radius 3 is 2.93 bits per heavy atom. The molecule has 0 aromatic heterocycles. The number of azide groups is 1. The van der Waals surface area contributed by atoms with Crippen molar-refractivity contribution in [1.82, 2.24) is 0 Å². The van der Waals surface area contributed by atoms with Crippen LogP contribution in [0.25, 0.3) is 10.4 Å². The molecule has 0 spiro atoms. The molecule has 0 aliphatic heterocycles. The van der Waals surface area contributed by atoms with Gasteiger partial charge in [0.05, 0.1) is 20.1 Å². The van der Waals surface area contributed by atoms with E-state index < -0.39 is 0 Å². The van der Waals surface area contributed by atoms with Gasteiger partial charge in [-0.25, -0.2) is 0 Å². The van der Waals surface area contributed by atoms with Crippen LogP contribution in [-0.4, -0.2) is 13.1 Å². The van der Waals surface area contributed by atoms with Gasteiger partial charge in [-0.3, -0.25) is 4.79 Å². The van der Waals surface area contributed by atoms with E-state index in [0.717, 1.165) is 11.1 Å². The fourth-order valence-corrected chi connectivity index (χ4v) is 1.19. The lowest BCUT2D eigenvalue weighted by atomic mass is 10.1. The average Bonchev–Trinajstić information content (AvgIpc) is 2.26. The molecule has 0 bridgehead atoms. The van der Waals surface area contributed by atoms with E-state index in [2.05, 4.69) is 14.8 Å². The quantitative estimate of drug-likeness (QED) is 0.327. The highest BCUT2D eigenvalue weighted by Crippen LogP contribution is 2.07. The fourth-order valence-electron chi connectivity index (χ4n) is 1.19. The highest BCUT2D eigenvalue weighted by Gasteiger charge is 2.02. The first-order valence-electron chi connectivity index (χ1n) is 4.41. The van der Waals surface area contributed by atoms with Crippen LogP contribution in [0.15, 0.2) is 29.4 Å². The van der Waals surface area contributed by atoms with E-state index in [1.165, 1.54) is 7.11 Å². The SMILES string of the molecule is COC(=O)Cc1cccc(CN=[N+]=[N-])c1. The number of nitrogens with zero attached hydrogens (tertiary/aromatic N) is 3. The molecule has 0 unspecified atom stereocenters. The van der Waals surface area contributed by atoms with E-state index in [-0.39, 0.29) is 12.4 Å². The molecule has 1 aromatic rings. The molecule has 0 radical (unpaired) electrons. The Morgan fingerprint density at radius 1 is 1.53 bits per heavy atom. The maximum Gasteiger partial charge on any atom is 0.309 e. The van der Waals surface area contributed by atoms with Crippen molar-refractivity contribution in [2.75, 3.05) is 7.11 Å². The summed E-state index contributed by atoms with van der Waals surface area (Å²) in [4.78, 5) is 13.7. The third kappa shape index (κ3) is 3.70. The number of ether oxygens (including phenoxy) is 1. The van der Waals surface area contributed by atoms with Gasteiger partial charge in [-0.2, -0.15) is 0 Å². The average molecular weight is 205 g/mol. The number of rotatable bonds is 4. The number of hydrogen-bond acceptors (Lipinski definition) is 3. The Balaban J connectivity index is 2.73. The molecule has 15 heavy (non-hydrogen) atoms. The van der Waals surface area contributed by atoms with E-state index in [1.54, 1.807) is 0 Å². The van der Waals surface area contributed by atoms with Crippen LogP contribution in [0.5, 0.6) is 0 Å². The molecule has 0 amide bonds. The second-order valence-electron chi connectivity index (χ2n) is 2.96. The molecule has 0 saturated heterocycles. The topological polar surface area (TPSA) is 75.1 Å². The molecule has 1 rings (SSSR count). The van der Waals surface area contributed by atoms with Crippen molar-refractivity contribution in [3.63, 3.8) is 0 Å². The van der Waals surface area contributed by atoms with Crippen molar-refractivity contribution >= 4 is 5.97 Å². The summed E-state index contributed by atoms with van der Waals surface area (Å²) in [5.41, 5.74) is 9.90.